The second-order valence-corrected chi connectivity index (χ2v) is 4.80. The highest BCUT2D eigenvalue weighted by molar-refractivity contribution is 6.02. The second kappa shape index (κ2) is 7.73. The van der Waals surface area contributed by atoms with Crippen molar-refractivity contribution in [2.24, 2.45) is 0 Å². The van der Waals surface area contributed by atoms with E-state index in [4.69, 9.17) is 9.47 Å². The van der Waals surface area contributed by atoms with Crippen LogP contribution in [0.25, 0.3) is 0 Å². The molecular weight excluding hydrogens is 280 g/mol. The number of aliphatic hydroxyl groups excluding tert-OH is 1. The van der Waals surface area contributed by atoms with Crippen LogP contribution in [-0.2, 0) is 4.74 Å². The van der Waals surface area contributed by atoms with Gasteiger partial charge >= 0.3 is 0 Å². The van der Waals surface area contributed by atoms with E-state index < -0.39 is 18.0 Å². The zero-order valence-electron chi connectivity index (χ0n) is 12.7. The van der Waals surface area contributed by atoms with Crippen LogP contribution in [0.1, 0.15) is 28.9 Å². The fraction of sp³-hybridized carbons (Fsp3) is 0.278. The fourth-order valence-electron chi connectivity index (χ4n) is 2.34. The summed E-state index contributed by atoms with van der Waals surface area (Å²) in [5, 5.41) is 10.5. The summed E-state index contributed by atoms with van der Waals surface area (Å²) in [7, 11) is 1.50. The molecule has 0 aliphatic carbocycles. The van der Waals surface area contributed by atoms with Crippen molar-refractivity contribution in [2.75, 3.05) is 13.7 Å². The molecule has 2 rings (SSSR count). The molecule has 0 fully saturated rings. The second-order valence-electron chi connectivity index (χ2n) is 4.80. The predicted molar refractivity (Wildman–Crippen MR) is 84.1 cm³/mol. The number of carbonyl (C=O) groups is 1. The molecule has 0 aromatic heterocycles. The zero-order chi connectivity index (χ0) is 15.9. The predicted octanol–water partition coefficient (Wildman–Crippen LogP) is 3.02. The van der Waals surface area contributed by atoms with Crippen LogP contribution < -0.4 is 4.74 Å². The molecule has 22 heavy (non-hydrogen) atoms. The number of para-hydroxylation sites is 1. The average molecular weight is 300 g/mol. The minimum Gasteiger partial charge on any atom is -0.496 e. The van der Waals surface area contributed by atoms with Crippen molar-refractivity contribution in [1.29, 1.82) is 0 Å². The molecule has 0 bridgehead atoms. The number of aliphatic hydroxyl groups is 1. The number of benzene rings is 2. The molecule has 0 spiro atoms. The third kappa shape index (κ3) is 3.53. The smallest absolute Gasteiger partial charge is 0.198 e. The van der Waals surface area contributed by atoms with E-state index in [-0.39, 0.29) is 0 Å². The first-order valence-electron chi connectivity index (χ1n) is 7.20. The highest BCUT2D eigenvalue weighted by atomic mass is 16.5. The molecule has 1 N–H and O–H groups in total. The third-order valence-corrected chi connectivity index (χ3v) is 3.40. The first-order valence-corrected chi connectivity index (χ1v) is 7.20. The summed E-state index contributed by atoms with van der Waals surface area (Å²) in [6.07, 6.45) is -2.00. The number of Topliss-reactive ketones (excluding diaryl/α,β-unsaturated/α-hetero) is 1. The summed E-state index contributed by atoms with van der Waals surface area (Å²) in [6, 6.07) is 16.1. The highest BCUT2D eigenvalue weighted by Crippen LogP contribution is 2.27. The Morgan fingerprint density at radius 3 is 2.36 bits per heavy atom. The molecule has 0 aliphatic rings. The number of hydrogen-bond acceptors (Lipinski definition) is 4. The molecule has 0 saturated heterocycles. The fourth-order valence-corrected chi connectivity index (χ4v) is 2.34. The summed E-state index contributed by atoms with van der Waals surface area (Å²) in [5.74, 6) is 0.0228. The third-order valence-electron chi connectivity index (χ3n) is 3.40. The van der Waals surface area contributed by atoms with Crippen LogP contribution in [0, 0.1) is 0 Å². The maximum atomic E-state index is 12.6. The van der Waals surface area contributed by atoms with Crippen molar-refractivity contribution in [3.8, 4) is 5.75 Å². The van der Waals surface area contributed by atoms with Gasteiger partial charge in [-0.15, -0.1) is 0 Å². The number of methoxy groups -OCH3 is 1. The Hall–Kier alpha value is -2.17. The monoisotopic (exact) mass is 300 g/mol. The van der Waals surface area contributed by atoms with E-state index in [0.29, 0.717) is 17.9 Å². The van der Waals surface area contributed by atoms with Crippen molar-refractivity contribution >= 4 is 5.78 Å². The van der Waals surface area contributed by atoms with Crippen molar-refractivity contribution in [1.82, 2.24) is 0 Å². The molecule has 0 amide bonds. The first-order chi connectivity index (χ1) is 10.7. The summed E-state index contributed by atoms with van der Waals surface area (Å²) in [4.78, 5) is 12.6. The largest absolute Gasteiger partial charge is 0.496 e. The quantitative estimate of drug-likeness (QED) is 0.799. The van der Waals surface area contributed by atoms with Gasteiger partial charge in [-0.2, -0.15) is 0 Å². The summed E-state index contributed by atoms with van der Waals surface area (Å²) >= 11 is 0. The molecule has 0 saturated carbocycles. The molecule has 4 nitrogen and oxygen atoms in total. The number of ketones is 1. The lowest BCUT2D eigenvalue weighted by atomic mass is 9.96. The molecule has 4 heteroatoms. The highest BCUT2D eigenvalue weighted by Gasteiger charge is 2.30. The number of carbonyl (C=O) groups excluding carboxylic acids is 1. The Labute approximate surface area is 130 Å². The maximum absolute atomic E-state index is 12.6. The number of hydrogen-bond donors (Lipinski definition) is 1. The van der Waals surface area contributed by atoms with Gasteiger partial charge in [0.1, 0.15) is 18.0 Å². The summed E-state index contributed by atoms with van der Waals surface area (Å²) in [6.45, 7) is 2.23. The number of rotatable bonds is 7. The van der Waals surface area contributed by atoms with E-state index >= 15 is 0 Å². The Balaban J connectivity index is 2.30. The van der Waals surface area contributed by atoms with Gasteiger partial charge in [-0.1, -0.05) is 42.5 Å². The molecule has 0 heterocycles. The zero-order valence-corrected chi connectivity index (χ0v) is 12.7. The minimum atomic E-state index is -1.29. The Bertz CT molecular complexity index is 609. The van der Waals surface area contributed by atoms with Crippen LogP contribution in [0.3, 0.4) is 0 Å². The van der Waals surface area contributed by atoms with Crippen LogP contribution in [0.5, 0.6) is 5.75 Å². The molecule has 0 aliphatic heterocycles. The van der Waals surface area contributed by atoms with Crippen LogP contribution >= 0.6 is 0 Å². The SMILES string of the molecule is CCO[C@H](c1ccccc1)[C@@H](O)C(=O)c1ccccc1OC. The Morgan fingerprint density at radius 2 is 1.73 bits per heavy atom. The topological polar surface area (TPSA) is 55.8 Å². The van der Waals surface area contributed by atoms with Crippen LogP contribution in [0.4, 0.5) is 0 Å². The molecule has 116 valence electrons. The first kappa shape index (κ1) is 16.2. The van der Waals surface area contributed by atoms with Gasteiger partial charge in [-0.05, 0) is 24.6 Å². The molecule has 0 unspecified atom stereocenters. The molecular formula is C18H20O4. The standard InChI is InChI=1S/C18H20O4/c1-3-22-18(13-9-5-4-6-10-13)17(20)16(19)14-11-7-8-12-15(14)21-2/h4-12,17-18,20H,3H2,1-2H3/t17-,18+/m0/s1. The van der Waals surface area contributed by atoms with E-state index in [1.807, 2.05) is 37.3 Å². The van der Waals surface area contributed by atoms with E-state index in [0.717, 1.165) is 5.56 Å². The van der Waals surface area contributed by atoms with Crippen molar-refractivity contribution < 1.29 is 19.4 Å². The van der Waals surface area contributed by atoms with E-state index in [9.17, 15) is 9.90 Å². The van der Waals surface area contributed by atoms with Gasteiger partial charge in [0.15, 0.2) is 5.78 Å². The van der Waals surface area contributed by atoms with Crippen molar-refractivity contribution in [2.45, 2.75) is 19.1 Å². The van der Waals surface area contributed by atoms with Gasteiger partial charge in [-0.3, -0.25) is 4.79 Å². The molecule has 0 radical (unpaired) electrons. The van der Waals surface area contributed by atoms with Crippen LogP contribution in [0.15, 0.2) is 54.6 Å². The van der Waals surface area contributed by atoms with Crippen molar-refractivity contribution in [3.63, 3.8) is 0 Å². The van der Waals surface area contributed by atoms with Gasteiger partial charge in [0, 0.05) is 6.61 Å². The van der Waals surface area contributed by atoms with E-state index in [2.05, 4.69) is 0 Å². The normalized spacial score (nSPS) is 13.4. The van der Waals surface area contributed by atoms with Gasteiger partial charge in [0.2, 0.25) is 0 Å². The summed E-state index contributed by atoms with van der Waals surface area (Å²) < 4.78 is 10.8. The number of ether oxygens (including phenoxy) is 2. The van der Waals surface area contributed by atoms with Gasteiger partial charge in [0.05, 0.1) is 12.7 Å². The Morgan fingerprint density at radius 1 is 1.09 bits per heavy atom. The van der Waals surface area contributed by atoms with Crippen LogP contribution in [0.2, 0.25) is 0 Å². The average Bonchev–Trinajstić information content (AvgIpc) is 2.59. The Kier molecular flexibility index (Phi) is 5.69. The lowest BCUT2D eigenvalue weighted by Gasteiger charge is -2.23. The van der Waals surface area contributed by atoms with Gasteiger partial charge < -0.3 is 14.6 Å². The lowest BCUT2D eigenvalue weighted by Crippen LogP contribution is -2.30. The van der Waals surface area contributed by atoms with Gasteiger partial charge in [-0.25, -0.2) is 0 Å². The van der Waals surface area contributed by atoms with E-state index in [1.54, 1.807) is 24.3 Å². The van der Waals surface area contributed by atoms with Crippen LogP contribution in [-0.4, -0.2) is 30.7 Å². The molecule has 2 atom stereocenters. The molecule has 2 aromatic carbocycles. The molecule has 2 aromatic rings. The summed E-state index contributed by atoms with van der Waals surface area (Å²) in [5.41, 5.74) is 1.11. The maximum Gasteiger partial charge on any atom is 0.198 e. The minimum absolute atomic E-state index is 0.345. The van der Waals surface area contributed by atoms with E-state index in [1.165, 1.54) is 7.11 Å². The lowest BCUT2D eigenvalue weighted by molar-refractivity contribution is -0.0232. The van der Waals surface area contributed by atoms with Crippen molar-refractivity contribution in [3.05, 3.63) is 65.7 Å². The van der Waals surface area contributed by atoms with Gasteiger partial charge in [0.25, 0.3) is 0 Å².